The summed E-state index contributed by atoms with van der Waals surface area (Å²) < 4.78 is 5.61. The zero-order valence-electron chi connectivity index (χ0n) is 16.7. The number of aromatic nitrogens is 1. The van der Waals surface area contributed by atoms with Crippen molar-refractivity contribution in [1.82, 2.24) is 9.88 Å². The molecule has 0 saturated heterocycles. The molecular formula is C19H31ClN2O3S. The first-order valence-corrected chi connectivity index (χ1v) is 10.3. The van der Waals surface area contributed by atoms with E-state index in [1.807, 2.05) is 0 Å². The number of fused-ring (bicyclic) bond motifs is 1. The van der Waals surface area contributed by atoms with Crippen molar-refractivity contribution in [2.75, 3.05) is 19.5 Å². The Labute approximate surface area is 165 Å². The molecule has 5 nitrogen and oxygen atoms in total. The number of rotatable bonds is 5. The summed E-state index contributed by atoms with van der Waals surface area (Å²) in [4.78, 5) is 17.9. The first kappa shape index (κ1) is 24.6. The zero-order chi connectivity index (χ0) is 20.3. The van der Waals surface area contributed by atoms with Crippen molar-refractivity contribution in [3.8, 4) is 5.75 Å². The number of carbonyl (C=O) groups is 1. The summed E-state index contributed by atoms with van der Waals surface area (Å²) in [5.74, 6) is -0.250. The van der Waals surface area contributed by atoms with Gasteiger partial charge in [0.05, 0.1) is 16.8 Å². The van der Waals surface area contributed by atoms with Gasteiger partial charge in [0, 0.05) is 18.5 Å². The fourth-order valence-electron chi connectivity index (χ4n) is 2.52. The van der Waals surface area contributed by atoms with Crippen LogP contribution in [0.1, 0.15) is 51.3 Å². The third kappa shape index (κ3) is 7.89. The summed E-state index contributed by atoms with van der Waals surface area (Å²) in [7, 11) is 0. The van der Waals surface area contributed by atoms with E-state index in [9.17, 15) is 9.90 Å². The first-order chi connectivity index (χ1) is 12.3. The summed E-state index contributed by atoms with van der Waals surface area (Å²) in [6.45, 7) is 14.4. The van der Waals surface area contributed by atoms with E-state index in [0.717, 1.165) is 11.2 Å². The average Bonchev–Trinajstić information content (AvgIpc) is 3.00. The number of nitrogens with zero attached hydrogens (tertiary/aromatic N) is 2. The Hall–Kier alpha value is -1.37. The molecule has 7 heteroatoms. The number of aromatic hydroxyl groups is 1. The van der Waals surface area contributed by atoms with Crippen LogP contribution in [0.5, 0.6) is 5.75 Å². The number of benzene rings is 1. The Balaban J connectivity index is 0.000000492. The lowest BCUT2D eigenvalue weighted by atomic mass is 10.2. The van der Waals surface area contributed by atoms with Crippen molar-refractivity contribution in [2.24, 2.45) is 0 Å². The lowest BCUT2D eigenvalue weighted by Crippen LogP contribution is -2.36. The molecule has 26 heavy (non-hydrogen) atoms. The van der Waals surface area contributed by atoms with Crippen molar-refractivity contribution in [1.29, 1.82) is 0 Å². The Bertz CT molecular complexity index is 651. The predicted molar refractivity (Wildman–Crippen MR) is 112 cm³/mol. The van der Waals surface area contributed by atoms with Crippen LogP contribution < -0.4 is 0 Å². The molecule has 148 valence electrons. The molecule has 1 aromatic carbocycles. The number of phenolic OH excluding ortho intramolecular Hbond substituents is 1. The highest BCUT2D eigenvalue weighted by Crippen LogP contribution is 2.26. The zero-order valence-corrected chi connectivity index (χ0v) is 18.3. The van der Waals surface area contributed by atoms with Crippen LogP contribution in [0.25, 0.3) is 10.2 Å². The molecule has 1 aromatic heterocycles. The van der Waals surface area contributed by atoms with Crippen molar-refractivity contribution in [3.05, 3.63) is 23.2 Å². The molecule has 0 unspecified atom stereocenters. The molecule has 0 aliphatic carbocycles. The van der Waals surface area contributed by atoms with Gasteiger partial charge in [-0.15, -0.1) is 22.9 Å². The summed E-state index contributed by atoms with van der Waals surface area (Å²) in [5, 5.41) is 9.56. The lowest BCUT2D eigenvalue weighted by molar-refractivity contribution is 0.0526. The number of hydrogen-bond acceptors (Lipinski definition) is 6. The van der Waals surface area contributed by atoms with Gasteiger partial charge in [0.25, 0.3) is 0 Å². The van der Waals surface area contributed by atoms with E-state index in [1.54, 1.807) is 19.1 Å². The van der Waals surface area contributed by atoms with Gasteiger partial charge in [-0.2, -0.15) is 0 Å². The Morgan fingerprint density at radius 1 is 1.23 bits per heavy atom. The van der Waals surface area contributed by atoms with Gasteiger partial charge in [0.2, 0.25) is 5.01 Å². The molecular weight excluding hydrogens is 372 g/mol. The fourth-order valence-corrected chi connectivity index (χ4v) is 3.41. The van der Waals surface area contributed by atoms with Crippen molar-refractivity contribution in [2.45, 2.75) is 53.6 Å². The lowest BCUT2D eigenvalue weighted by Gasteiger charge is -2.28. The molecule has 2 aromatic rings. The predicted octanol–water partition coefficient (Wildman–Crippen LogP) is 5.16. The molecule has 0 amide bonds. The molecule has 0 saturated carbocycles. The minimum absolute atomic E-state index is 0.168. The molecule has 0 aliphatic heterocycles. The van der Waals surface area contributed by atoms with Crippen LogP contribution in [0.2, 0.25) is 0 Å². The Kier molecular flexibility index (Phi) is 12.2. The third-order valence-electron chi connectivity index (χ3n) is 3.51. The van der Waals surface area contributed by atoms with E-state index in [0.29, 0.717) is 29.2 Å². The molecule has 0 atom stereocenters. The molecule has 0 spiro atoms. The highest BCUT2D eigenvalue weighted by molar-refractivity contribution is 7.20. The number of alkyl halides is 1. The van der Waals surface area contributed by atoms with Gasteiger partial charge < -0.3 is 9.84 Å². The number of phenols is 1. The molecule has 0 aliphatic rings. The van der Waals surface area contributed by atoms with Crippen LogP contribution in [0, 0.1) is 0 Å². The van der Waals surface area contributed by atoms with Crippen LogP contribution >= 0.6 is 22.9 Å². The minimum Gasteiger partial charge on any atom is -0.508 e. The highest BCUT2D eigenvalue weighted by Gasteiger charge is 2.13. The molecule has 0 bridgehead atoms. The maximum atomic E-state index is 11.4. The highest BCUT2D eigenvalue weighted by atomic mass is 35.5. The van der Waals surface area contributed by atoms with E-state index in [4.69, 9.17) is 4.74 Å². The average molecular weight is 403 g/mol. The fraction of sp³-hybridized carbons (Fsp3) is 0.579. The smallest absolute Gasteiger partial charge is 0.367 e. The van der Waals surface area contributed by atoms with Crippen LogP contribution in [-0.4, -0.2) is 52.6 Å². The second kappa shape index (κ2) is 12.9. The normalized spacial score (nSPS) is 10.4. The number of carbonyl (C=O) groups excluding carboxylic acids is 1. The summed E-state index contributed by atoms with van der Waals surface area (Å²) in [5.41, 5.74) is 0.695. The van der Waals surface area contributed by atoms with Crippen molar-refractivity contribution < 1.29 is 14.6 Å². The van der Waals surface area contributed by atoms with Crippen LogP contribution in [0.4, 0.5) is 0 Å². The maximum Gasteiger partial charge on any atom is 0.367 e. The van der Waals surface area contributed by atoms with Gasteiger partial charge in [-0.1, -0.05) is 6.92 Å². The topological polar surface area (TPSA) is 62.7 Å². The second-order valence-electron chi connectivity index (χ2n) is 5.91. The van der Waals surface area contributed by atoms with Gasteiger partial charge in [-0.25, -0.2) is 9.78 Å². The van der Waals surface area contributed by atoms with Gasteiger partial charge in [-0.05, 0) is 59.4 Å². The Morgan fingerprint density at radius 3 is 2.23 bits per heavy atom. The minimum atomic E-state index is -0.418. The van der Waals surface area contributed by atoms with Crippen molar-refractivity contribution >= 4 is 39.1 Å². The van der Waals surface area contributed by atoms with Gasteiger partial charge in [0.15, 0.2) is 0 Å². The Morgan fingerprint density at radius 2 is 1.81 bits per heavy atom. The molecule has 0 fully saturated rings. The second-order valence-corrected chi connectivity index (χ2v) is 6.94. The van der Waals surface area contributed by atoms with Gasteiger partial charge >= 0.3 is 5.97 Å². The van der Waals surface area contributed by atoms with Gasteiger partial charge in [-0.3, -0.25) is 4.90 Å². The van der Waals surface area contributed by atoms with Crippen LogP contribution in [-0.2, 0) is 4.74 Å². The molecule has 2 rings (SSSR count). The van der Waals surface area contributed by atoms with E-state index in [-0.39, 0.29) is 5.75 Å². The summed E-state index contributed by atoms with van der Waals surface area (Å²) in [6.07, 6.45) is 1.47. The number of hydrogen-bond donors (Lipinski definition) is 1. The number of thiazole rings is 1. The van der Waals surface area contributed by atoms with Crippen LogP contribution in [0.3, 0.4) is 0 Å². The largest absolute Gasteiger partial charge is 0.508 e. The molecule has 1 N–H and O–H groups in total. The first-order valence-electron chi connectivity index (χ1n) is 8.70. The number of esters is 1. The molecule has 1 heterocycles. The SMILES string of the molecule is CCN(C(C)C)C(C)C.CCOC(=O)c1nc2ccc(O)cc2s1.CCl. The summed E-state index contributed by atoms with van der Waals surface area (Å²) >= 11 is 5.85. The van der Waals surface area contributed by atoms with E-state index < -0.39 is 5.97 Å². The number of ether oxygens (including phenoxy) is 1. The van der Waals surface area contributed by atoms with E-state index in [1.165, 1.54) is 23.8 Å². The number of halogens is 1. The molecule has 0 radical (unpaired) electrons. The standard InChI is InChI=1S/C10H9NO3S.C8H19N.CH3Cl/c1-2-14-10(13)9-11-7-4-3-6(12)5-8(7)15-9;1-6-9(7(2)3)8(4)5;1-2/h3-5,12H,2H2,1H3;7-8H,6H2,1-5H3;1H3. The maximum absolute atomic E-state index is 11.4. The quantitative estimate of drug-likeness (QED) is 0.552. The third-order valence-corrected chi connectivity index (χ3v) is 4.51. The van der Waals surface area contributed by atoms with E-state index in [2.05, 4.69) is 56.1 Å². The van der Waals surface area contributed by atoms with Crippen molar-refractivity contribution in [3.63, 3.8) is 0 Å². The van der Waals surface area contributed by atoms with Gasteiger partial charge in [0.1, 0.15) is 5.75 Å². The van der Waals surface area contributed by atoms with E-state index >= 15 is 0 Å². The monoisotopic (exact) mass is 402 g/mol. The summed E-state index contributed by atoms with van der Waals surface area (Å²) in [6, 6.07) is 6.17. The van der Waals surface area contributed by atoms with Crippen LogP contribution in [0.15, 0.2) is 18.2 Å².